The maximum absolute atomic E-state index is 12.7. The molecule has 1 amide bonds. The van der Waals surface area contributed by atoms with Crippen molar-refractivity contribution < 1.29 is 14.7 Å². The summed E-state index contributed by atoms with van der Waals surface area (Å²) in [6, 6.07) is 17.7. The zero-order valence-electron chi connectivity index (χ0n) is 14.3. The fraction of sp³-hybridized carbons (Fsp3) is 0.100. The SMILES string of the molecule is O=C(O)Cn1c(Cc2ccccc2)ncc(NC(=O)c2ccccc2)c1=O. The number of rotatable bonds is 6. The second-order valence-corrected chi connectivity index (χ2v) is 5.86. The molecule has 136 valence electrons. The molecule has 0 atom stereocenters. The Morgan fingerprint density at radius 1 is 1.00 bits per heavy atom. The molecular weight excluding hydrogens is 346 g/mol. The number of carbonyl (C=O) groups excluding carboxylic acids is 1. The van der Waals surface area contributed by atoms with E-state index in [0.717, 1.165) is 10.1 Å². The summed E-state index contributed by atoms with van der Waals surface area (Å²) in [5.41, 5.74) is 0.601. The monoisotopic (exact) mass is 363 g/mol. The second kappa shape index (κ2) is 8.09. The van der Waals surface area contributed by atoms with Gasteiger partial charge in [-0.15, -0.1) is 0 Å². The van der Waals surface area contributed by atoms with Crippen molar-refractivity contribution in [3.63, 3.8) is 0 Å². The summed E-state index contributed by atoms with van der Waals surface area (Å²) in [5.74, 6) is -1.32. The van der Waals surface area contributed by atoms with Crippen molar-refractivity contribution in [3.8, 4) is 0 Å². The van der Waals surface area contributed by atoms with Crippen molar-refractivity contribution in [2.24, 2.45) is 0 Å². The van der Waals surface area contributed by atoms with E-state index in [1.54, 1.807) is 30.3 Å². The minimum atomic E-state index is -1.17. The van der Waals surface area contributed by atoms with E-state index in [1.165, 1.54) is 6.20 Å². The van der Waals surface area contributed by atoms with E-state index in [0.29, 0.717) is 17.8 Å². The number of aromatic nitrogens is 2. The number of anilines is 1. The first-order valence-corrected chi connectivity index (χ1v) is 8.25. The number of nitrogens with zero attached hydrogens (tertiary/aromatic N) is 2. The van der Waals surface area contributed by atoms with Gasteiger partial charge in [-0.25, -0.2) is 4.98 Å². The molecule has 1 heterocycles. The summed E-state index contributed by atoms with van der Waals surface area (Å²) >= 11 is 0. The average Bonchev–Trinajstić information content (AvgIpc) is 2.68. The molecule has 3 rings (SSSR count). The number of carbonyl (C=O) groups is 2. The van der Waals surface area contributed by atoms with Crippen LogP contribution in [0.3, 0.4) is 0 Å². The Bertz CT molecular complexity index is 1010. The summed E-state index contributed by atoms with van der Waals surface area (Å²) < 4.78 is 1.07. The minimum Gasteiger partial charge on any atom is -0.480 e. The van der Waals surface area contributed by atoms with Gasteiger partial charge >= 0.3 is 5.97 Å². The third-order valence-electron chi connectivity index (χ3n) is 3.91. The van der Waals surface area contributed by atoms with Crippen LogP contribution in [0.4, 0.5) is 5.69 Å². The van der Waals surface area contributed by atoms with Gasteiger partial charge in [0.25, 0.3) is 11.5 Å². The molecule has 0 spiro atoms. The number of nitrogens with one attached hydrogen (secondary N) is 1. The van der Waals surface area contributed by atoms with Crippen LogP contribution in [-0.2, 0) is 17.8 Å². The highest BCUT2D eigenvalue weighted by molar-refractivity contribution is 6.04. The van der Waals surface area contributed by atoms with Gasteiger partial charge in [0, 0.05) is 12.0 Å². The Balaban J connectivity index is 1.93. The van der Waals surface area contributed by atoms with Crippen molar-refractivity contribution in [1.82, 2.24) is 9.55 Å². The predicted octanol–water partition coefficient (Wildman–Crippen LogP) is 2.17. The number of hydrogen-bond acceptors (Lipinski definition) is 4. The highest BCUT2D eigenvalue weighted by Crippen LogP contribution is 2.09. The van der Waals surface area contributed by atoms with Gasteiger partial charge in [0.1, 0.15) is 18.1 Å². The topological polar surface area (TPSA) is 101 Å². The van der Waals surface area contributed by atoms with Crippen molar-refractivity contribution in [1.29, 1.82) is 0 Å². The molecule has 0 aliphatic carbocycles. The molecule has 0 fully saturated rings. The van der Waals surface area contributed by atoms with Crippen molar-refractivity contribution >= 4 is 17.6 Å². The molecule has 3 aromatic rings. The Labute approximate surface area is 154 Å². The summed E-state index contributed by atoms with van der Waals surface area (Å²) in [7, 11) is 0. The molecule has 0 unspecified atom stereocenters. The van der Waals surface area contributed by atoms with E-state index < -0.39 is 24.0 Å². The molecule has 0 saturated carbocycles. The largest absolute Gasteiger partial charge is 0.480 e. The lowest BCUT2D eigenvalue weighted by Gasteiger charge is -2.12. The quantitative estimate of drug-likeness (QED) is 0.699. The smallest absolute Gasteiger partial charge is 0.323 e. The van der Waals surface area contributed by atoms with Gasteiger partial charge in [0.05, 0.1) is 6.20 Å². The van der Waals surface area contributed by atoms with Crippen molar-refractivity contribution in [2.45, 2.75) is 13.0 Å². The average molecular weight is 363 g/mol. The number of carboxylic acids is 1. The Morgan fingerprint density at radius 2 is 1.63 bits per heavy atom. The predicted molar refractivity (Wildman–Crippen MR) is 99.8 cm³/mol. The normalized spacial score (nSPS) is 10.4. The highest BCUT2D eigenvalue weighted by Gasteiger charge is 2.15. The zero-order valence-corrected chi connectivity index (χ0v) is 14.3. The van der Waals surface area contributed by atoms with Gasteiger partial charge in [-0.3, -0.25) is 19.0 Å². The Morgan fingerprint density at radius 3 is 2.26 bits per heavy atom. The fourth-order valence-electron chi connectivity index (χ4n) is 2.61. The number of hydrogen-bond donors (Lipinski definition) is 2. The van der Waals surface area contributed by atoms with Gasteiger partial charge < -0.3 is 10.4 Å². The first-order chi connectivity index (χ1) is 13.0. The number of carboxylic acid groups (broad SMARTS) is 1. The molecule has 0 aliphatic heterocycles. The van der Waals surface area contributed by atoms with Gasteiger partial charge in [0.15, 0.2) is 0 Å². The molecule has 27 heavy (non-hydrogen) atoms. The van der Waals surface area contributed by atoms with Gasteiger partial charge in [-0.2, -0.15) is 0 Å². The maximum atomic E-state index is 12.7. The van der Waals surface area contributed by atoms with E-state index in [1.807, 2.05) is 30.3 Å². The molecule has 2 N–H and O–H groups in total. The number of amides is 1. The van der Waals surface area contributed by atoms with Crippen LogP contribution in [-0.4, -0.2) is 26.5 Å². The van der Waals surface area contributed by atoms with Crippen molar-refractivity contribution in [2.75, 3.05) is 5.32 Å². The second-order valence-electron chi connectivity index (χ2n) is 5.86. The molecule has 7 nitrogen and oxygen atoms in total. The summed E-state index contributed by atoms with van der Waals surface area (Å²) in [5, 5.41) is 11.7. The molecule has 1 aromatic heterocycles. The van der Waals surface area contributed by atoms with Gasteiger partial charge in [-0.05, 0) is 17.7 Å². The third-order valence-corrected chi connectivity index (χ3v) is 3.91. The molecule has 0 radical (unpaired) electrons. The summed E-state index contributed by atoms with van der Waals surface area (Å²) in [4.78, 5) is 40.4. The zero-order chi connectivity index (χ0) is 19.2. The van der Waals surface area contributed by atoms with E-state index in [2.05, 4.69) is 10.3 Å². The third kappa shape index (κ3) is 4.46. The lowest BCUT2D eigenvalue weighted by molar-refractivity contribution is -0.137. The number of aliphatic carboxylic acids is 1. The van der Waals surface area contributed by atoms with E-state index in [4.69, 9.17) is 5.11 Å². The van der Waals surface area contributed by atoms with Crippen LogP contribution in [0.1, 0.15) is 21.7 Å². The van der Waals surface area contributed by atoms with Gasteiger partial charge in [-0.1, -0.05) is 48.5 Å². The van der Waals surface area contributed by atoms with Crippen LogP contribution in [0, 0.1) is 0 Å². The minimum absolute atomic E-state index is 0.0677. The van der Waals surface area contributed by atoms with Crippen LogP contribution in [0.5, 0.6) is 0 Å². The van der Waals surface area contributed by atoms with E-state index >= 15 is 0 Å². The first kappa shape index (κ1) is 18.1. The van der Waals surface area contributed by atoms with E-state index in [9.17, 15) is 14.4 Å². The standard InChI is InChI=1S/C20H17N3O4/c24-18(25)13-23-17(11-14-7-3-1-4-8-14)21-12-16(20(23)27)22-19(26)15-9-5-2-6-10-15/h1-10,12H,11,13H2,(H,22,26)(H,24,25). The molecule has 0 bridgehead atoms. The highest BCUT2D eigenvalue weighted by atomic mass is 16.4. The Kier molecular flexibility index (Phi) is 5.41. The van der Waals surface area contributed by atoms with Gasteiger partial charge in [0.2, 0.25) is 0 Å². The Hall–Kier alpha value is -3.74. The number of benzene rings is 2. The summed E-state index contributed by atoms with van der Waals surface area (Å²) in [6.07, 6.45) is 1.57. The van der Waals surface area contributed by atoms with Crippen LogP contribution in [0.25, 0.3) is 0 Å². The molecular formula is C20H17N3O4. The fourth-order valence-corrected chi connectivity index (χ4v) is 2.61. The maximum Gasteiger partial charge on any atom is 0.323 e. The first-order valence-electron chi connectivity index (χ1n) is 8.25. The summed E-state index contributed by atoms with van der Waals surface area (Å²) in [6.45, 7) is -0.539. The van der Waals surface area contributed by atoms with Crippen LogP contribution in [0.2, 0.25) is 0 Å². The lowest BCUT2D eigenvalue weighted by Crippen LogP contribution is -2.31. The molecule has 7 heteroatoms. The van der Waals surface area contributed by atoms with Crippen LogP contribution in [0.15, 0.2) is 71.7 Å². The molecule has 2 aromatic carbocycles. The molecule has 0 aliphatic rings. The van der Waals surface area contributed by atoms with Crippen LogP contribution >= 0.6 is 0 Å². The van der Waals surface area contributed by atoms with Crippen molar-refractivity contribution in [3.05, 3.63) is 94.2 Å². The van der Waals surface area contributed by atoms with E-state index in [-0.39, 0.29) is 5.69 Å². The lowest BCUT2D eigenvalue weighted by atomic mass is 10.1. The molecule has 0 saturated heterocycles. The van der Waals surface area contributed by atoms with Crippen LogP contribution < -0.4 is 10.9 Å².